The van der Waals surface area contributed by atoms with Gasteiger partial charge in [0.1, 0.15) is 10.8 Å². The first-order valence-corrected chi connectivity index (χ1v) is 13.9. The van der Waals surface area contributed by atoms with Gasteiger partial charge in [-0.2, -0.15) is 13.2 Å². The van der Waals surface area contributed by atoms with Crippen LogP contribution in [0.5, 0.6) is 11.6 Å². The standard InChI is InChI=1S/C26H21F3N4O4S2/c1-14-9-17(23-19(10-14)32-22(36-2)13-31-23)25-33-24-18(26(27,28)29)11-16(12-20(24)38-25)37-8-7-15-5-3-4-6-21(15)39(30,34)35/h3-6,9-13H,7-8H2,1-2H3,(H2,30,34,35). The number of nitrogens with zero attached hydrogens (tertiary/aromatic N) is 3. The summed E-state index contributed by atoms with van der Waals surface area (Å²) in [7, 11) is -2.49. The Balaban J connectivity index is 1.53. The second-order valence-corrected chi connectivity index (χ2v) is 11.2. The average Bonchev–Trinajstić information content (AvgIpc) is 3.30. The van der Waals surface area contributed by atoms with Crippen LogP contribution in [0.1, 0.15) is 16.7 Å². The van der Waals surface area contributed by atoms with Crippen LogP contribution in [0, 0.1) is 6.92 Å². The molecule has 39 heavy (non-hydrogen) atoms. The number of hydrogen-bond acceptors (Lipinski definition) is 8. The van der Waals surface area contributed by atoms with E-state index in [2.05, 4.69) is 15.0 Å². The van der Waals surface area contributed by atoms with Gasteiger partial charge in [0.25, 0.3) is 0 Å². The molecule has 0 unspecified atom stereocenters. The van der Waals surface area contributed by atoms with Gasteiger partial charge in [0, 0.05) is 12.0 Å². The minimum Gasteiger partial charge on any atom is -0.493 e. The predicted molar refractivity (Wildman–Crippen MR) is 141 cm³/mol. The van der Waals surface area contributed by atoms with Crippen molar-refractivity contribution >= 4 is 42.6 Å². The van der Waals surface area contributed by atoms with Gasteiger partial charge in [-0.25, -0.2) is 28.5 Å². The maximum atomic E-state index is 14.1. The van der Waals surface area contributed by atoms with Crippen LogP contribution < -0.4 is 14.6 Å². The molecule has 2 heterocycles. The summed E-state index contributed by atoms with van der Waals surface area (Å²) in [5.41, 5.74) is 1.66. The molecule has 0 amide bonds. The molecule has 0 atom stereocenters. The van der Waals surface area contributed by atoms with Crippen LogP contribution >= 0.6 is 11.3 Å². The third-order valence-electron chi connectivity index (χ3n) is 5.90. The molecule has 0 aliphatic carbocycles. The maximum absolute atomic E-state index is 14.1. The smallest absolute Gasteiger partial charge is 0.418 e. The molecule has 13 heteroatoms. The van der Waals surface area contributed by atoms with Crippen molar-refractivity contribution in [2.75, 3.05) is 13.7 Å². The molecule has 2 N–H and O–H groups in total. The molecule has 0 radical (unpaired) electrons. The largest absolute Gasteiger partial charge is 0.493 e. The molecule has 3 aromatic carbocycles. The highest BCUT2D eigenvalue weighted by atomic mass is 32.2. The van der Waals surface area contributed by atoms with E-state index >= 15 is 0 Å². The predicted octanol–water partition coefficient (Wildman–Crippen LogP) is 5.51. The SMILES string of the molecule is COc1cnc2c(-c3nc4c(C(F)(F)F)cc(OCCc5ccccc5S(N)(=O)=O)cc4s3)cc(C)cc2n1. The average molecular weight is 575 g/mol. The van der Waals surface area contributed by atoms with E-state index in [9.17, 15) is 21.6 Å². The van der Waals surface area contributed by atoms with Crippen molar-refractivity contribution in [1.82, 2.24) is 15.0 Å². The number of aryl methyl sites for hydroxylation is 1. The Bertz CT molecular complexity index is 1820. The summed E-state index contributed by atoms with van der Waals surface area (Å²) >= 11 is 1.08. The number of sulfonamides is 1. The number of aromatic nitrogens is 3. The summed E-state index contributed by atoms with van der Waals surface area (Å²) in [6, 6.07) is 12.1. The fourth-order valence-electron chi connectivity index (χ4n) is 4.19. The third-order valence-corrected chi connectivity index (χ3v) is 7.95. The van der Waals surface area contributed by atoms with Crippen LogP contribution in [0.4, 0.5) is 13.2 Å². The number of halogens is 3. The number of methoxy groups -OCH3 is 1. The molecule has 8 nitrogen and oxygen atoms in total. The number of thiazole rings is 1. The third kappa shape index (κ3) is 5.51. The van der Waals surface area contributed by atoms with Crippen molar-refractivity contribution in [2.24, 2.45) is 5.14 Å². The molecule has 5 rings (SSSR count). The van der Waals surface area contributed by atoms with E-state index in [4.69, 9.17) is 14.6 Å². The summed E-state index contributed by atoms with van der Waals surface area (Å²) in [6.07, 6.45) is -3.13. The van der Waals surface area contributed by atoms with E-state index in [-0.39, 0.29) is 33.9 Å². The van der Waals surface area contributed by atoms with Crippen LogP contribution in [-0.2, 0) is 22.6 Å². The van der Waals surface area contributed by atoms with E-state index in [1.807, 2.05) is 13.0 Å². The van der Waals surface area contributed by atoms with E-state index in [0.29, 0.717) is 33.0 Å². The van der Waals surface area contributed by atoms with Crippen molar-refractivity contribution in [3.63, 3.8) is 0 Å². The molecule has 0 saturated heterocycles. The van der Waals surface area contributed by atoms with Crippen LogP contribution in [0.25, 0.3) is 31.8 Å². The lowest BCUT2D eigenvalue weighted by Gasteiger charge is -2.12. The quantitative estimate of drug-likeness (QED) is 0.272. The van der Waals surface area contributed by atoms with Crippen LogP contribution in [0.3, 0.4) is 0 Å². The maximum Gasteiger partial charge on any atom is 0.418 e. The number of hydrogen-bond donors (Lipinski definition) is 1. The highest BCUT2D eigenvalue weighted by molar-refractivity contribution is 7.89. The van der Waals surface area contributed by atoms with E-state index in [1.54, 1.807) is 18.2 Å². The van der Waals surface area contributed by atoms with Crippen molar-refractivity contribution in [3.05, 3.63) is 71.4 Å². The van der Waals surface area contributed by atoms with Crippen LogP contribution in [0.2, 0.25) is 0 Å². The zero-order valence-electron chi connectivity index (χ0n) is 20.6. The summed E-state index contributed by atoms with van der Waals surface area (Å²) in [6.45, 7) is 1.78. The highest BCUT2D eigenvalue weighted by Gasteiger charge is 2.35. The van der Waals surface area contributed by atoms with Crippen molar-refractivity contribution in [1.29, 1.82) is 0 Å². The van der Waals surface area contributed by atoms with Gasteiger partial charge in [-0.3, -0.25) is 0 Å². The number of benzene rings is 3. The first-order valence-electron chi connectivity index (χ1n) is 11.5. The van der Waals surface area contributed by atoms with Crippen molar-refractivity contribution in [3.8, 4) is 22.2 Å². The minimum atomic E-state index is -4.69. The Kier molecular flexibility index (Phi) is 6.91. The van der Waals surface area contributed by atoms with Gasteiger partial charge in [0.15, 0.2) is 0 Å². The molecule has 0 bridgehead atoms. The Morgan fingerprint density at radius 3 is 2.54 bits per heavy atom. The van der Waals surface area contributed by atoms with Crippen molar-refractivity contribution < 1.29 is 31.1 Å². The van der Waals surface area contributed by atoms with Gasteiger partial charge in [-0.05, 0) is 48.4 Å². The Morgan fingerprint density at radius 2 is 1.82 bits per heavy atom. The van der Waals surface area contributed by atoms with Gasteiger partial charge in [-0.1, -0.05) is 18.2 Å². The van der Waals surface area contributed by atoms with Crippen LogP contribution in [-0.4, -0.2) is 37.1 Å². The zero-order valence-corrected chi connectivity index (χ0v) is 22.2. The van der Waals surface area contributed by atoms with Gasteiger partial charge < -0.3 is 9.47 Å². The fraction of sp³-hybridized carbons (Fsp3) is 0.192. The van der Waals surface area contributed by atoms with Crippen LogP contribution in [0.15, 0.2) is 59.6 Å². The first kappa shape index (κ1) is 26.8. The second kappa shape index (κ2) is 10.1. The Labute approximate surface area is 225 Å². The summed E-state index contributed by atoms with van der Waals surface area (Å²) in [4.78, 5) is 13.1. The molecular formula is C26H21F3N4O4S2. The van der Waals surface area contributed by atoms with Gasteiger partial charge in [0.05, 0.1) is 51.6 Å². The lowest BCUT2D eigenvalue weighted by molar-refractivity contribution is -0.136. The first-order chi connectivity index (χ1) is 18.4. The topological polar surface area (TPSA) is 117 Å². The molecule has 0 aliphatic rings. The molecule has 0 fully saturated rings. The molecule has 5 aromatic rings. The number of fused-ring (bicyclic) bond motifs is 2. The normalized spacial score (nSPS) is 12.3. The monoisotopic (exact) mass is 574 g/mol. The lowest BCUT2D eigenvalue weighted by Crippen LogP contribution is -2.15. The second-order valence-electron chi connectivity index (χ2n) is 8.68. The minimum absolute atomic E-state index is 0.0169. The number of alkyl halides is 3. The zero-order chi connectivity index (χ0) is 27.9. The number of ether oxygens (including phenoxy) is 2. The van der Waals surface area contributed by atoms with Gasteiger partial charge in [0.2, 0.25) is 15.9 Å². The molecule has 202 valence electrons. The Hall–Kier alpha value is -3.81. The fourth-order valence-corrected chi connectivity index (χ4v) is 6.04. The summed E-state index contributed by atoms with van der Waals surface area (Å²) in [5.74, 6) is 0.299. The lowest BCUT2D eigenvalue weighted by atomic mass is 10.1. The van der Waals surface area contributed by atoms with E-state index in [0.717, 1.165) is 23.0 Å². The number of nitrogens with two attached hydrogens (primary N) is 1. The molecule has 0 saturated carbocycles. The molecule has 0 aliphatic heterocycles. The number of rotatable bonds is 7. The molecular weight excluding hydrogens is 553 g/mol. The van der Waals surface area contributed by atoms with Gasteiger partial charge in [-0.15, -0.1) is 11.3 Å². The summed E-state index contributed by atoms with van der Waals surface area (Å²) < 4.78 is 77.0. The van der Waals surface area contributed by atoms with Gasteiger partial charge >= 0.3 is 6.18 Å². The van der Waals surface area contributed by atoms with E-state index in [1.165, 1.54) is 31.5 Å². The molecule has 2 aromatic heterocycles. The Morgan fingerprint density at radius 1 is 1.05 bits per heavy atom. The van der Waals surface area contributed by atoms with E-state index < -0.39 is 21.8 Å². The molecule has 0 spiro atoms. The van der Waals surface area contributed by atoms with Crippen molar-refractivity contribution in [2.45, 2.75) is 24.4 Å². The summed E-state index contributed by atoms with van der Waals surface area (Å²) in [5, 5.41) is 5.62. The number of primary sulfonamides is 1. The highest BCUT2D eigenvalue weighted by Crippen LogP contribution is 2.42.